The van der Waals surface area contributed by atoms with Gasteiger partial charge < -0.3 is 24.8 Å². The van der Waals surface area contributed by atoms with Crippen LogP contribution in [0.4, 0.5) is 9.18 Å². The lowest BCUT2D eigenvalue weighted by molar-refractivity contribution is -0.145. The highest BCUT2D eigenvalue weighted by atomic mass is 32.2. The maximum Gasteiger partial charge on any atom is 0.408 e. The molecular formula is C40H50FN5O9S. The van der Waals surface area contributed by atoms with Crippen LogP contribution in [0.1, 0.15) is 78.1 Å². The summed E-state index contributed by atoms with van der Waals surface area (Å²) in [5, 5.41) is 12.5. The average Bonchev–Trinajstić information content (AvgIpc) is 4.11. The fraction of sp³-hybridized carbons (Fsp3) is 0.625. The highest BCUT2D eigenvalue weighted by molar-refractivity contribution is 7.91. The molecule has 56 heavy (non-hydrogen) atoms. The van der Waals surface area contributed by atoms with Crippen molar-refractivity contribution in [3.05, 3.63) is 42.6 Å². The van der Waals surface area contributed by atoms with Gasteiger partial charge in [-0.3, -0.25) is 19.3 Å². The van der Waals surface area contributed by atoms with Crippen LogP contribution in [0, 0.1) is 29.6 Å². The van der Waals surface area contributed by atoms with E-state index < -0.39 is 74.4 Å². The first kappa shape index (κ1) is 38.4. The number of nitrogens with zero attached hydrogens (tertiary/aromatic N) is 3. The largest absolute Gasteiger partial charge is 0.497 e. The summed E-state index contributed by atoms with van der Waals surface area (Å²) in [5.74, 6) is -1.35. The monoisotopic (exact) mass is 795 g/mol. The van der Waals surface area contributed by atoms with E-state index in [-0.39, 0.29) is 50.1 Å². The van der Waals surface area contributed by atoms with Crippen LogP contribution in [-0.4, -0.2) is 101 Å². The van der Waals surface area contributed by atoms with E-state index in [0.717, 1.165) is 11.8 Å². The predicted molar refractivity (Wildman–Crippen MR) is 202 cm³/mol. The Balaban J connectivity index is 1.15. The zero-order valence-corrected chi connectivity index (χ0v) is 32.7. The zero-order valence-electron chi connectivity index (χ0n) is 31.9. The number of rotatable bonds is 8. The molecule has 4 saturated carbocycles. The number of methoxy groups -OCH3 is 1. The summed E-state index contributed by atoms with van der Waals surface area (Å²) < 4.78 is 54.3. The first-order valence-electron chi connectivity index (χ1n) is 19.8. The highest BCUT2D eigenvalue weighted by Crippen LogP contribution is 2.54. The third-order valence-electron chi connectivity index (χ3n) is 13.1. The number of fused-ring (bicyclic) bond motifs is 4. The fourth-order valence-corrected chi connectivity index (χ4v) is 10.8. The number of halogens is 1. The highest BCUT2D eigenvalue weighted by Gasteiger charge is 2.64. The first-order valence-corrected chi connectivity index (χ1v) is 21.3. The summed E-state index contributed by atoms with van der Waals surface area (Å²) in [5.41, 5.74) is -1.70. The molecule has 0 spiro atoms. The van der Waals surface area contributed by atoms with Crippen molar-refractivity contribution in [2.75, 3.05) is 13.7 Å². The van der Waals surface area contributed by atoms with E-state index >= 15 is 4.79 Å². The number of carbonyl (C=O) groups excluding carboxylic acids is 3. The van der Waals surface area contributed by atoms with Crippen molar-refractivity contribution in [3.8, 4) is 11.6 Å². The second-order valence-corrected chi connectivity index (χ2v) is 19.1. The third kappa shape index (κ3) is 7.06. The van der Waals surface area contributed by atoms with E-state index in [4.69, 9.17) is 9.47 Å². The molecule has 3 N–H and O–H groups in total. The van der Waals surface area contributed by atoms with Crippen LogP contribution in [0.5, 0.6) is 11.6 Å². The molecule has 5 fully saturated rings. The maximum absolute atomic E-state index is 15.2. The van der Waals surface area contributed by atoms with Gasteiger partial charge in [0.25, 0.3) is 15.9 Å². The van der Waals surface area contributed by atoms with Crippen molar-refractivity contribution in [3.63, 3.8) is 0 Å². The van der Waals surface area contributed by atoms with Gasteiger partial charge >= 0.3 is 6.09 Å². The van der Waals surface area contributed by atoms with Gasteiger partial charge in [-0.2, -0.15) is 0 Å². The Morgan fingerprint density at radius 2 is 1.84 bits per heavy atom. The molecule has 10 atom stereocenters. The predicted octanol–water partition coefficient (Wildman–Crippen LogP) is 4.53. The quantitative estimate of drug-likeness (QED) is 0.321. The van der Waals surface area contributed by atoms with Gasteiger partial charge in [-0.25, -0.2) is 27.3 Å². The lowest BCUT2D eigenvalue weighted by atomic mass is 9.86. The van der Waals surface area contributed by atoms with Crippen LogP contribution < -0.4 is 19.5 Å². The molecule has 1 aromatic heterocycles. The Morgan fingerprint density at radius 3 is 2.54 bits per heavy atom. The van der Waals surface area contributed by atoms with E-state index in [0.29, 0.717) is 55.1 Å². The molecule has 2 aromatic rings. The molecule has 16 heteroatoms. The van der Waals surface area contributed by atoms with Crippen LogP contribution in [0.25, 0.3) is 10.8 Å². The van der Waals surface area contributed by atoms with Crippen molar-refractivity contribution >= 4 is 44.6 Å². The van der Waals surface area contributed by atoms with E-state index in [1.807, 2.05) is 23.8 Å². The van der Waals surface area contributed by atoms with E-state index in [2.05, 4.69) is 17.2 Å². The summed E-state index contributed by atoms with van der Waals surface area (Å²) in [6, 6.07) is 4.57. The van der Waals surface area contributed by atoms with Crippen molar-refractivity contribution in [2.24, 2.45) is 29.6 Å². The van der Waals surface area contributed by atoms with E-state index in [1.54, 1.807) is 37.6 Å². The molecule has 3 heterocycles. The topological polar surface area (TPSA) is 185 Å². The molecule has 14 nitrogen and oxygen atoms in total. The van der Waals surface area contributed by atoms with Crippen LogP contribution >= 0.6 is 0 Å². The van der Waals surface area contributed by atoms with E-state index in [1.165, 1.54) is 9.80 Å². The maximum atomic E-state index is 15.2. The molecule has 4 amide bonds. The molecule has 4 aliphatic carbocycles. The minimum Gasteiger partial charge on any atom is -0.497 e. The van der Waals surface area contributed by atoms with Gasteiger partial charge in [0.1, 0.15) is 29.5 Å². The molecule has 6 aliphatic rings. The number of hydrogen-bond donors (Lipinski definition) is 3. The molecule has 0 bridgehead atoms. The van der Waals surface area contributed by atoms with Crippen LogP contribution in [-0.2, 0) is 24.4 Å². The fourth-order valence-electron chi connectivity index (χ4n) is 9.58. The standard InChI is InChI=1S/C40H50FN5O9S/c1-22-6-4-5-7-27-20-40(27,37(49)44-56(52,53)39(41)11-12-39)43-34(47)32-19-30(55-35-31-9-8-29(54-3)18-24(31)10-13-42-35)21-45(32)36(48)33(23(2)14-22)46(38(50)51)28-16-25-15-26(25)17-28/h5,7-10,13,18,22-23,25-28,30,32-33H,4,6,11-12,14-17,19-21H2,1-3H3,(H,43,47)(H,44,49)(H,50,51)/t22-,23-,25-,26+,27-,28?,30-,32+,33+,40-/m1/s1. The molecule has 8 rings (SSSR count). The molecule has 1 saturated heterocycles. The number of benzene rings is 1. The summed E-state index contributed by atoms with van der Waals surface area (Å²) in [7, 11) is -3.11. The van der Waals surface area contributed by atoms with Gasteiger partial charge in [0.2, 0.25) is 22.7 Å². The molecule has 1 unspecified atom stereocenters. The second-order valence-electron chi connectivity index (χ2n) is 17.1. The van der Waals surface area contributed by atoms with Crippen molar-refractivity contribution < 1.29 is 46.6 Å². The Bertz CT molecular complexity index is 2070. The molecular weight excluding hydrogens is 746 g/mol. The van der Waals surface area contributed by atoms with Crippen molar-refractivity contribution in [1.82, 2.24) is 24.8 Å². The van der Waals surface area contributed by atoms with Gasteiger partial charge in [0, 0.05) is 42.8 Å². The Kier molecular flexibility index (Phi) is 9.72. The number of aromatic nitrogens is 1. The van der Waals surface area contributed by atoms with Gasteiger partial charge in [-0.05, 0) is 98.3 Å². The summed E-state index contributed by atoms with van der Waals surface area (Å²) in [6.07, 6.45) is 7.23. The van der Waals surface area contributed by atoms with Crippen LogP contribution in [0.15, 0.2) is 42.6 Å². The molecule has 1 aromatic carbocycles. The van der Waals surface area contributed by atoms with Crippen molar-refractivity contribution in [1.29, 1.82) is 0 Å². The van der Waals surface area contributed by atoms with Gasteiger partial charge in [0.15, 0.2) is 0 Å². The average molecular weight is 796 g/mol. The Labute approximate surface area is 325 Å². The third-order valence-corrected chi connectivity index (χ3v) is 14.9. The number of ether oxygens (including phenoxy) is 2. The summed E-state index contributed by atoms with van der Waals surface area (Å²) >= 11 is 0. The van der Waals surface area contributed by atoms with Crippen LogP contribution in [0.3, 0.4) is 0 Å². The minimum absolute atomic E-state index is 0.0198. The zero-order chi connectivity index (χ0) is 39.7. The summed E-state index contributed by atoms with van der Waals surface area (Å²) in [4.78, 5) is 63.9. The number of carbonyl (C=O) groups is 4. The van der Waals surface area contributed by atoms with Gasteiger partial charge in [0.05, 0.1) is 13.7 Å². The van der Waals surface area contributed by atoms with Crippen LogP contribution in [0.2, 0.25) is 0 Å². The number of alkyl halides is 1. The summed E-state index contributed by atoms with van der Waals surface area (Å²) in [6.45, 7) is 3.89. The van der Waals surface area contributed by atoms with Crippen molar-refractivity contribution in [2.45, 2.75) is 113 Å². The Hall–Kier alpha value is -4.47. The van der Waals surface area contributed by atoms with Gasteiger partial charge in [-0.1, -0.05) is 26.0 Å². The molecule has 0 radical (unpaired) electrons. The Morgan fingerprint density at radius 1 is 1.09 bits per heavy atom. The molecule has 2 aliphatic heterocycles. The number of allylic oxidation sites excluding steroid dienone is 1. The number of sulfonamides is 1. The lowest BCUT2D eigenvalue weighted by Gasteiger charge is -2.40. The lowest BCUT2D eigenvalue weighted by Crippen LogP contribution is -2.61. The number of nitrogens with one attached hydrogen (secondary N) is 2. The van der Waals surface area contributed by atoms with E-state index in [9.17, 15) is 32.3 Å². The molecule has 302 valence electrons. The second kappa shape index (κ2) is 14.2. The number of pyridine rings is 1. The first-order chi connectivity index (χ1) is 26.6. The SMILES string of the molecule is COc1ccc2c(O[C@@H]3C[C@H]4C(=O)N[C@]5(C(=O)NS(=O)(=O)C6(F)CC6)C[C@H]5C=CCC[C@@H](C)C[C@@H](C)[C@H](N(C(=O)O)C5C[C@@H]6C[C@@H]6C5)C(=O)N4C3)nccc2c1. The number of hydrogen-bond acceptors (Lipinski definition) is 9. The van der Waals surface area contributed by atoms with Gasteiger partial charge in [-0.15, -0.1) is 0 Å². The number of amides is 4. The smallest absolute Gasteiger partial charge is 0.408 e. The minimum atomic E-state index is -4.67. The normalized spacial score (nSPS) is 34.9. The number of carboxylic acid groups (broad SMARTS) is 1.